The van der Waals surface area contributed by atoms with Crippen LogP contribution in [0.15, 0.2) is 18.2 Å². The zero-order valence-corrected chi connectivity index (χ0v) is 10.3. The van der Waals surface area contributed by atoms with E-state index in [0.717, 1.165) is 31.0 Å². The topological polar surface area (TPSA) is 47.1 Å². The highest BCUT2D eigenvalue weighted by Gasteiger charge is 2.23. The number of aromatic nitrogens is 2. The minimum absolute atomic E-state index is 0.288. The van der Waals surface area contributed by atoms with Gasteiger partial charge < -0.3 is 15.2 Å². The van der Waals surface area contributed by atoms with E-state index in [1.165, 1.54) is 11.1 Å². The first-order valence-corrected chi connectivity index (χ1v) is 6.09. The Morgan fingerprint density at radius 2 is 2.24 bits per heavy atom. The van der Waals surface area contributed by atoms with Gasteiger partial charge in [-0.15, -0.1) is 0 Å². The summed E-state index contributed by atoms with van der Waals surface area (Å²) in [6, 6.07) is 6.55. The molecule has 1 aromatic carbocycles. The molecule has 0 aliphatic carbocycles. The zero-order valence-electron chi connectivity index (χ0n) is 10.3. The third-order valence-electron chi connectivity index (χ3n) is 3.58. The van der Waals surface area contributed by atoms with Crippen LogP contribution in [0, 0.1) is 6.92 Å². The van der Waals surface area contributed by atoms with Gasteiger partial charge in [0.15, 0.2) is 0 Å². The summed E-state index contributed by atoms with van der Waals surface area (Å²) < 4.78 is 2.18. The number of nitrogens with zero attached hydrogens (tertiary/aromatic N) is 3. The first-order valence-electron chi connectivity index (χ1n) is 6.09. The Kier molecular flexibility index (Phi) is 2.33. The van der Waals surface area contributed by atoms with Crippen molar-refractivity contribution in [3.05, 3.63) is 23.8 Å². The predicted octanol–water partition coefficient (Wildman–Crippen LogP) is 1.42. The van der Waals surface area contributed by atoms with Crippen molar-refractivity contribution in [1.82, 2.24) is 9.55 Å². The lowest BCUT2D eigenvalue weighted by molar-refractivity contribution is 0.747. The second-order valence-electron chi connectivity index (χ2n) is 4.91. The molecule has 4 nitrogen and oxygen atoms in total. The number of imidazole rings is 1. The number of rotatable bonds is 1. The van der Waals surface area contributed by atoms with Gasteiger partial charge >= 0.3 is 0 Å². The molecule has 1 aromatic heterocycles. The van der Waals surface area contributed by atoms with Gasteiger partial charge in [0.25, 0.3) is 0 Å². The first-order chi connectivity index (χ1) is 8.16. The highest BCUT2D eigenvalue weighted by molar-refractivity contribution is 5.82. The van der Waals surface area contributed by atoms with Crippen molar-refractivity contribution in [3.63, 3.8) is 0 Å². The smallest absolute Gasteiger partial charge is 0.206 e. The van der Waals surface area contributed by atoms with E-state index in [1.54, 1.807) is 0 Å². The first kappa shape index (κ1) is 10.6. The van der Waals surface area contributed by atoms with E-state index in [0.29, 0.717) is 0 Å². The molecule has 1 saturated heterocycles. The second-order valence-corrected chi connectivity index (χ2v) is 4.91. The lowest BCUT2D eigenvalue weighted by Crippen LogP contribution is -2.28. The Bertz CT molecular complexity index is 558. The van der Waals surface area contributed by atoms with Crippen molar-refractivity contribution >= 4 is 17.0 Å². The second kappa shape index (κ2) is 3.74. The van der Waals surface area contributed by atoms with E-state index >= 15 is 0 Å². The minimum atomic E-state index is 0.288. The Labute approximate surface area is 101 Å². The van der Waals surface area contributed by atoms with Crippen LogP contribution >= 0.6 is 0 Å². The van der Waals surface area contributed by atoms with Gasteiger partial charge in [-0.1, -0.05) is 12.1 Å². The monoisotopic (exact) mass is 230 g/mol. The SMILES string of the molecule is Cc1cccc2nc(N3CCC(N)C3)n(C)c12. The van der Waals surface area contributed by atoms with Gasteiger partial charge in [0.2, 0.25) is 5.95 Å². The fourth-order valence-electron chi connectivity index (χ4n) is 2.70. The molecule has 0 bridgehead atoms. The third-order valence-corrected chi connectivity index (χ3v) is 3.58. The van der Waals surface area contributed by atoms with Gasteiger partial charge in [-0.3, -0.25) is 0 Å². The van der Waals surface area contributed by atoms with E-state index < -0.39 is 0 Å². The maximum atomic E-state index is 5.96. The average Bonchev–Trinajstić information content (AvgIpc) is 2.84. The molecule has 2 aromatic rings. The molecule has 2 N–H and O–H groups in total. The highest BCUT2D eigenvalue weighted by atomic mass is 15.3. The molecule has 1 fully saturated rings. The van der Waals surface area contributed by atoms with E-state index in [4.69, 9.17) is 10.7 Å². The number of aryl methyl sites for hydroxylation is 2. The third kappa shape index (κ3) is 1.60. The fourth-order valence-corrected chi connectivity index (χ4v) is 2.70. The van der Waals surface area contributed by atoms with Crippen LogP contribution in [-0.4, -0.2) is 28.7 Å². The van der Waals surface area contributed by atoms with Crippen LogP contribution in [0.25, 0.3) is 11.0 Å². The van der Waals surface area contributed by atoms with Crippen LogP contribution in [-0.2, 0) is 7.05 Å². The molecule has 2 heterocycles. The van der Waals surface area contributed by atoms with Crippen LogP contribution < -0.4 is 10.6 Å². The largest absolute Gasteiger partial charge is 0.341 e. The minimum Gasteiger partial charge on any atom is -0.341 e. The number of anilines is 1. The Morgan fingerprint density at radius 3 is 2.88 bits per heavy atom. The zero-order chi connectivity index (χ0) is 12.0. The Morgan fingerprint density at radius 1 is 1.41 bits per heavy atom. The highest BCUT2D eigenvalue weighted by Crippen LogP contribution is 2.25. The summed E-state index contributed by atoms with van der Waals surface area (Å²) in [5.74, 6) is 1.04. The van der Waals surface area contributed by atoms with Gasteiger partial charge in [0.05, 0.1) is 11.0 Å². The number of nitrogens with two attached hydrogens (primary N) is 1. The van der Waals surface area contributed by atoms with Gasteiger partial charge in [-0.05, 0) is 25.0 Å². The van der Waals surface area contributed by atoms with E-state index in [2.05, 4.69) is 41.6 Å². The summed E-state index contributed by atoms with van der Waals surface area (Å²) in [5.41, 5.74) is 9.53. The van der Waals surface area contributed by atoms with Crippen LogP contribution in [0.1, 0.15) is 12.0 Å². The number of para-hydroxylation sites is 1. The lowest BCUT2D eigenvalue weighted by Gasteiger charge is -2.16. The van der Waals surface area contributed by atoms with Crippen molar-refractivity contribution < 1.29 is 0 Å². The summed E-state index contributed by atoms with van der Waals surface area (Å²) in [5, 5.41) is 0. The average molecular weight is 230 g/mol. The van der Waals surface area contributed by atoms with Crippen LogP contribution in [0.3, 0.4) is 0 Å². The number of benzene rings is 1. The van der Waals surface area contributed by atoms with Crippen molar-refractivity contribution in [2.24, 2.45) is 12.8 Å². The number of fused-ring (bicyclic) bond motifs is 1. The molecule has 4 heteroatoms. The van der Waals surface area contributed by atoms with Gasteiger partial charge in [-0.25, -0.2) is 4.98 Å². The molecular weight excluding hydrogens is 212 g/mol. The molecule has 0 amide bonds. The summed E-state index contributed by atoms with van der Waals surface area (Å²) in [6.07, 6.45) is 1.06. The molecule has 90 valence electrons. The van der Waals surface area contributed by atoms with Gasteiger partial charge in [-0.2, -0.15) is 0 Å². The van der Waals surface area contributed by atoms with Crippen LogP contribution in [0.2, 0.25) is 0 Å². The molecule has 1 unspecified atom stereocenters. The summed E-state index contributed by atoms with van der Waals surface area (Å²) in [7, 11) is 2.08. The molecule has 3 rings (SSSR count). The summed E-state index contributed by atoms with van der Waals surface area (Å²) in [6.45, 7) is 4.05. The standard InChI is InChI=1S/C13H18N4/c1-9-4-3-5-11-12(9)16(2)13(15-11)17-7-6-10(14)8-17/h3-5,10H,6-8,14H2,1-2H3. The molecule has 0 saturated carbocycles. The molecule has 1 aliphatic heterocycles. The maximum absolute atomic E-state index is 5.96. The molecule has 0 radical (unpaired) electrons. The van der Waals surface area contributed by atoms with Crippen molar-refractivity contribution in [2.45, 2.75) is 19.4 Å². The lowest BCUT2D eigenvalue weighted by atomic mass is 10.2. The van der Waals surface area contributed by atoms with Crippen molar-refractivity contribution in [1.29, 1.82) is 0 Å². The fraction of sp³-hybridized carbons (Fsp3) is 0.462. The predicted molar refractivity (Wildman–Crippen MR) is 70.3 cm³/mol. The van der Waals surface area contributed by atoms with Crippen LogP contribution in [0.4, 0.5) is 5.95 Å². The normalized spacial score (nSPS) is 20.4. The van der Waals surface area contributed by atoms with Gasteiger partial charge in [0.1, 0.15) is 0 Å². The molecule has 1 atom stereocenters. The number of hydrogen-bond donors (Lipinski definition) is 1. The van der Waals surface area contributed by atoms with Crippen molar-refractivity contribution in [2.75, 3.05) is 18.0 Å². The summed E-state index contributed by atoms with van der Waals surface area (Å²) >= 11 is 0. The Balaban J connectivity index is 2.12. The molecular formula is C13H18N4. The summed E-state index contributed by atoms with van der Waals surface area (Å²) in [4.78, 5) is 7.00. The quantitative estimate of drug-likeness (QED) is 0.806. The Hall–Kier alpha value is -1.55. The van der Waals surface area contributed by atoms with Gasteiger partial charge in [0, 0.05) is 26.2 Å². The maximum Gasteiger partial charge on any atom is 0.206 e. The number of hydrogen-bond acceptors (Lipinski definition) is 3. The van der Waals surface area contributed by atoms with E-state index in [9.17, 15) is 0 Å². The van der Waals surface area contributed by atoms with Crippen molar-refractivity contribution in [3.8, 4) is 0 Å². The van der Waals surface area contributed by atoms with E-state index in [-0.39, 0.29) is 6.04 Å². The molecule has 1 aliphatic rings. The molecule has 0 spiro atoms. The molecule has 17 heavy (non-hydrogen) atoms. The van der Waals surface area contributed by atoms with E-state index in [1.807, 2.05) is 0 Å². The van der Waals surface area contributed by atoms with Crippen LogP contribution in [0.5, 0.6) is 0 Å².